The van der Waals surface area contributed by atoms with Crippen molar-refractivity contribution >= 4 is 44.2 Å². The van der Waals surface area contributed by atoms with Crippen LogP contribution in [0.25, 0.3) is 0 Å². The van der Waals surface area contributed by atoms with Crippen molar-refractivity contribution in [3.05, 3.63) is 51.6 Å². The van der Waals surface area contributed by atoms with Crippen LogP contribution in [0.5, 0.6) is 5.75 Å². The number of rotatable bonds is 5. The molecular weight excluding hydrogens is 505 g/mol. The van der Waals surface area contributed by atoms with E-state index in [1.807, 2.05) is 14.0 Å². The van der Waals surface area contributed by atoms with Crippen molar-refractivity contribution in [1.82, 2.24) is 9.21 Å². The zero-order valence-corrected chi connectivity index (χ0v) is 19.5. The molecule has 2 aromatic rings. The van der Waals surface area contributed by atoms with Gasteiger partial charge in [-0.2, -0.15) is 4.31 Å². The van der Waals surface area contributed by atoms with Crippen molar-refractivity contribution < 1.29 is 17.9 Å². The van der Waals surface area contributed by atoms with Gasteiger partial charge in [-0.05, 0) is 79.0 Å². The van der Waals surface area contributed by atoms with E-state index in [1.165, 1.54) is 12.1 Å². The fourth-order valence-corrected chi connectivity index (χ4v) is 5.69. The predicted octanol–water partition coefficient (Wildman–Crippen LogP) is 2.88. The molecule has 1 fully saturated rings. The molecular formula is C20H24IN3O4S. The van der Waals surface area contributed by atoms with Gasteiger partial charge in [-0.1, -0.05) is 0 Å². The van der Waals surface area contributed by atoms with Gasteiger partial charge in [-0.15, -0.1) is 0 Å². The lowest BCUT2D eigenvalue weighted by molar-refractivity contribution is 0.102. The van der Waals surface area contributed by atoms with Crippen LogP contribution in [-0.2, 0) is 10.0 Å². The van der Waals surface area contributed by atoms with Gasteiger partial charge in [-0.3, -0.25) is 4.79 Å². The maximum Gasteiger partial charge on any atom is 0.255 e. The summed E-state index contributed by atoms with van der Waals surface area (Å²) in [4.78, 5) is 14.8. The number of hydrogen-bond donors (Lipinski definition) is 1. The Morgan fingerprint density at radius 3 is 2.45 bits per heavy atom. The Kier molecular flexibility index (Phi) is 6.82. The van der Waals surface area contributed by atoms with E-state index < -0.39 is 10.0 Å². The van der Waals surface area contributed by atoms with Gasteiger partial charge in [0.1, 0.15) is 5.75 Å². The lowest BCUT2D eigenvalue weighted by Crippen LogP contribution is -2.52. The highest BCUT2D eigenvalue weighted by Gasteiger charge is 2.32. The summed E-state index contributed by atoms with van der Waals surface area (Å²) in [6.07, 6.45) is 0. The number of likely N-dealkylation sites (N-methyl/N-ethyl adjacent to an activating group) is 1. The summed E-state index contributed by atoms with van der Waals surface area (Å²) in [6.45, 7) is 3.79. The Morgan fingerprint density at radius 2 is 1.86 bits per heavy atom. The molecule has 1 N–H and O–H groups in total. The standard InChI is InChI=1S/C20H24IN3O4S/c1-14-13-23(2)10-11-24(14)29(26,27)17-7-5-16(6-8-17)22-20(25)15-4-9-19(28-3)18(21)12-15/h4-9,12,14H,10-11,13H2,1-3H3,(H,22,25). The first kappa shape index (κ1) is 22.0. The number of anilines is 1. The van der Waals surface area contributed by atoms with Crippen LogP contribution < -0.4 is 10.1 Å². The van der Waals surface area contributed by atoms with Crippen LogP contribution in [0.2, 0.25) is 0 Å². The molecule has 0 saturated carbocycles. The third-order valence-electron chi connectivity index (χ3n) is 4.90. The Hall–Kier alpha value is -1.69. The van der Waals surface area contributed by atoms with Crippen molar-refractivity contribution in [3.8, 4) is 5.75 Å². The number of benzene rings is 2. The van der Waals surface area contributed by atoms with E-state index in [0.29, 0.717) is 36.6 Å². The molecule has 3 rings (SSSR count). The van der Waals surface area contributed by atoms with Crippen LogP contribution >= 0.6 is 22.6 Å². The number of carbonyl (C=O) groups is 1. The Bertz CT molecular complexity index is 995. The molecule has 1 aliphatic rings. The van der Waals surface area contributed by atoms with Crippen LogP contribution in [0.3, 0.4) is 0 Å². The zero-order valence-electron chi connectivity index (χ0n) is 16.6. The molecule has 1 saturated heterocycles. The van der Waals surface area contributed by atoms with Gasteiger partial charge < -0.3 is 15.0 Å². The van der Waals surface area contributed by atoms with E-state index in [2.05, 4.69) is 32.8 Å². The van der Waals surface area contributed by atoms with Gasteiger partial charge in [0.25, 0.3) is 5.91 Å². The Labute approximate surface area is 185 Å². The average Bonchev–Trinajstić information content (AvgIpc) is 2.68. The quantitative estimate of drug-likeness (QED) is 0.603. The fourth-order valence-electron chi connectivity index (χ4n) is 3.34. The van der Waals surface area contributed by atoms with Gasteiger partial charge in [0.2, 0.25) is 10.0 Å². The van der Waals surface area contributed by atoms with Crippen LogP contribution in [-0.4, -0.2) is 63.4 Å². The Balaban J connectivity index is 1.73. The molecule has 0 bridgehead atoms. The lowest BCUT2D eigenvalue weighted by Gasteiger charge is -2.37. The minimum atomic E-state index is -3.57. The third kappa shape index (κ3) is 4.90. The molecule has 0 aromatic heterocycles. The molecule has 156 valence electrons. The number of nitrogens with one attached hydrogen (secondary N) is 1. The summed E-state index contributed by atoms with van der Waals surface area (Å²) in [5.74, 6) is 0.434. The number of sulfonamides is 1. The topological polar surface area (TPSA) is 78.9 Å². The molecule has 2 aromatic carbocycles. The van der Waals surface area contributed by atoms with Gasteiger partial charge in [0.05, 0.1) is 15.6 Å². The highest BCUT2D eigenvalue weighted by atomic mass is 127. The second-order valence-electron chi connectivity index (χ2n) is 7.05. The van der Waals surface area contributed by atoms with Crippen molar-refractivity contribution in [3.63, 3.8) is 0 Å². The molecule has 1 heterocycles. The predicted molar refractivity (Wildman–Crippen MR) is 121 cm³/mol. The molecule has 1 atom stereocenters. The number of carbonyl (C=O) groups excluding carboxylic acids is 1. The maximum absolute atomic E-state index is 13.0. The van der Waals surface area contributed by atoms with E-state index in [4.69, 9.17) is 4.74 Å². The average molecular weight is 529 g/mol. The van der Waals surface area contributed by atoms with Crippen LogP contribution in [0.4, 0.5) is 5.69 Å². The summed E-state index contributed by atoms with van der Waals surface area (Å²) in [5.41, 5.74) is 1.03. The highest BCUT2D eigenvalue weighted by Crippen LogP contribution is 2.24. The summed E-state index contributed by atoms with van der Waals surface area (Å²) in [6, 6.07) is 11.4. The van der Waals surface area contributed by atoms with Gasteiger partial charge in [0.15, 0.2) is 0 Å². The van der Waals surface area contributed by atoms with E-state index in [9.17, 15) is 13.2 Å². The highest BCUT2D eigenvalue weighted by molar-refractivity contribution is 14.1. The first-order valence-corrected chi connectivity index (χ1v) is 11.7. The van der Waals surface area contributed by atoms with Crippen molar-refractivity contribution in [2.24, 2.45) is 0 Å². The van der Waals surface area contributed by atoms with E-state index in [0.717, 1.165) is 3.57 Å². The van der Waals surface area contributed by atoms with Crippen LogP contribution in [0.1, 0.15) is 17.3 Å². The van der Waals surface area contributed by atoms with Crippen LogP contribution in [0.15, 0.2) is 47.4 Å². The minimum Gasteiger partial charge on any atom is -0.496 e. The van der Waals surface area contributed by atoms with Gasteiger partial charge in [-0.25, -0.2) is 8.42 Å². The van der Waals surface area contributed by atoms with Crippen molar-refractivity contribution in [2.45, 2.75) is 17.9 Å². The smallest absolute Gasteiger partial charge is 0.255 e. The summed E-state index contributed by atoms with van der Waals surface area (Å²) < 4.78 is 33.5. The summed E-state index contributed by atoms with van der Waals surface area (Å²) in [7, 11) is 0.000688. The van der Waals surface area contributed by atoms with Gasteiger partial charge in [0, 0.05) is 36.9 Å². The SMILES string of the molecule is COc1ccc(C(=O)Nc2ccc(S(=O)(=O)N3CCN(C)CC3C)cc2)cc1I. The maximum atomic E-state index is 13.0. The number of halogens is 1. The molecule has 1 aliphatic heterocycles. The number of methoxy groups -OCH3 is 1. The first-order chi connectivity index (χ1) is 13.7. The summed E-state index contributed by atoms with van der Waals surface area (Å²) in [5, 5.41) is 2.80. The molecule has 7 nitrogen and oxygen atoms in total. The van der Waals surface area contributed by atoms with Crippen LogP contribution in [0, 0.1) is 3.57 Å². The van der Waals surface area contributed by atoms with Gasteiger partial charge >= 0.3 is 0 Å². The molecule has 1 amide bonds. The van der Waals surface area contributed by atoms with E-state index in [-0.39, 0.29) is 16.8 Å². The largest absolute Gasteiger partial charge is 0.496 e. The molecule has 1 unspecified atom stereocenters. The minimum absolute atomic E-state index is 0.0873. The second-order valence-corrected chi connectivity index (χ2v) is 10.1. The Morgan fingerprint density at radius 1 is 1.17 bits per heavy atom. The van der Waals surface area contributed by atoms with E-state index >= 15 is 0 Å². The first-order valence-electron chi connectivity index (χ1n) is 9.17. The number of hydrogen-bond acceptors (Lipinski definition) is 5. The molecule has 0 radical (unpaired) electrons. The second kappa shape index (κ2) is 8.99. The monoisotopic (exact) mass is 529 g/mol. The molecule has 0 spiro atoms. The number of nitrogens with zero attached hydrogens (tertiary/aromatic N) is 2. The molecule has 9 heteroatoms. The molecule has 29 heavy (non-hydrogen) atoms. The fraction of sp³-hybridized carbons (Fsp3) is 0.350. The normalized spacial score (nSPS) is 18.4. The molecule has 0 aliphatic carbocycles. The lowest BCUT2D eigenvalue weighted by atomic mass is 10.2. The number of amides is 1. The number of piperazine rings is 1. The zero-order chi connectivity index (χ0) is 21.2. The number of ether oxygens (including phenoxy) is 1. The van der Waals surface area contributed by atoms with Crippen molar-refractivity contribution in [2.75, 3.05) is 39.1 Å². The van der Waals surface area contributed by atoms with Crippen molar-refractivity contribution in [1.29, 1.82) is 0 Å². The third-order valence-corrected chi connectivity index (χ3v) is 7.77. The summed E-state index contributed by atoms with van der Waals surface area (Å²) >= 11 is 2.11. The van der Waals surface area contributed by atoms with E-state index in [1.54, 1.807) is 41.7 Å².